The molecule has 0 N–H and O–H groups in total. The maximum absolute atomic E-state index is 11.5. The summed E-state index contributed by atoms with van der Waals surface area (Å²) in [5.74, 6) is 1.06. The van der Waals surface area contributed by atoms with Crippen molar-refractivity contribution in [3.63, 3.8) is 0 Å². The normalized spacial score (nSPS) is 10.6. The van der Waals surface area contributed by atoms with Crippen LogP contribution >= 0.6 is 0 Å². The minimum Gasteiger partial charge on any atom is -0.427 e. The molecule has 0 unspecified atom stereocenters. The van der Waals surface area contributed by atoms with E-state index in [1.54, 1.807) is 12.1 Å². The Bertz CT molecular complexity index is 636. The van der Waals surface area contributed by atoms with Gasteiger partial charge in [-0.25, -0.2) is 9.97 Å². The maximum Gasteiger partial charge on any atom is 0.311 e. The van der Waals surface area contributed by atoms with Gasteiger partial charge in [-0.1, -0.05) is 39.5 Å². The topological polar surface area (TPSA) is 52.1 Å². The lowest BCUT2D eigenvalue weighted by Crippen LogP contribution is -2.06. The number of ether oxygens (including phenoxy) is 1. The Morgan fingerprint density at radius 3 is 2.24 bits per heavy atom. The summed E-state index contributed by atoms with van der Waals surface area (Å²) in [5, 5.41) is 0. The number of nitrogens with zero attached hydrogens (tertiary/aromatic N) is 2. The molecule has 1 aromatic heterocycles. The van der Waals surface area contributed by atoms with E-state index in [0.717, 1.165) is 18.4 Å². The first kappa shape index (κ1) is 19.1. The quantitative estimate of drug-likeness (QED) is 0.332. The third kappa shape index (κ3) is 6.65. The van der Waals surface area contributed by atoms with Crippen molar-refractivity contribution in [2.45, 2.75) is 65.2 Å². The Balaban J connectivity index is 1.87. The second kappa shape index (κ2) is 10.6. The third-order valence-corrected chi connectivity index (χ3v) is 4.07. The van der Waals surface area contributed by atoms with Crippen LogP contribution in [0.4, 0.5) is 0 Å². The number of unbranched alkanes of at least 4 members (excludes halogenated alkanes) is 4. The lowest BCUT2D eigenvalue weighted by atomic mass is 10.1. The maximum atomic E-state index is 11.5. The summed E-state index contributed by atoms with van der Waals surface area (Å²) in [6.07, 6.45) is 12.5. The van der Waals surface area contributed by atoms with E-state index in [0.29, 0.717) is 18.0 Å². The number of hydrogen-bond donors (Lipinski definition) is 0. The summed E-state index contributed by atoms with van der Waals surface area (Å²) in [6, 6.07) is 7.34. The standard InChI is InChI=1S/C21H28N2O2/c1-3-5-6-7-8-10-17-15-22-21(23-16-17)18-11-13-19(14-12-18)25-20(24)9-4-2/h11-16H,3-10H2,1-2H3. The molecule has 0 bridgehead atoms. The van der Waals surface area contributed by atoms with Crippen molar-refractivity contribution in [2.75, 3.05) is 0 Å². The van der Waals surface area contributed by atoms with E-state index in [2.05, 4.69) is 16.9 Å². The van der Waals surface area contributed by atoms with Crippen LogP contribution in [0.3, 0.4) is 0 Å². The van der Waals surface area contributed by atoms with E-state index in [1.807, 2.05) is 31.5 Å². The molecule has 2 aromatic rings. The van der Waals surface area contributed by atoms with Gasteiger partial charge in [0.25, 0.3) is 0 Å². The van der Waals surface area contributed by atoms with Crippen LogP contribution in [0.2, 0.25) is 0 Å². The molecule has 2 rings (SSSR count). The van der Waals surface area contributed by atoms with Crippen molar-refractivity contribution < 1.29 is 9.53 Å². The molecule has 0 aliphatic heterocycles. The molecule has 0 amide bonds. The number of rotatable bonds is 10. The number of aromatic nitrogens is 2. The zero-order valence-corrected chi connectivity index (χ0v) is 15.3. The van der Waals surface area contributed by atoms with Crippen LogP contribution in [0, 0.1) is 0 Å². The Labute approximate surface area is 150 Å². The second-order valence-corrected chi connectivity index (χ2v) is 6.33. The van der Waals surface area contributed by atoms with Gasteiger partial charge >= 0.3 is 5.97 Å². The number of carbonyl (C=O) groups is 1. The van der Waals surface area contributed by atoms with E-state index in [-0.39, 0.29) is 5.97 Å². The van der Waals surface area contributed by atoms with Crippen LogP contribution in [-0.4, -0.2) is 15.9 Å². The zero-order chi connectivity index (χ0) is 17.9. The molecule has 4 nitrogen and oxygen atoms in total. The van der Waals surface area contributed by atoms with Crippen LogP contribution in [0.1, 0.15) is 64.4 Å². The SMILES string of the molecule is CCCCCCCc1cnc(-c2ccc(OC(=O)CCC)cc2)nc1. The van der Waals surface area contributed by atoms with Gasteiger partial charge in [-0.2, -0.15) is 0 Å². The third-order valence-electron chi connectivity index (χ3n) is 4.07. The molecular weight excluding hydrogens is 312 g/mol. The van der Waals surface area contributed by atoms with Gasteiger partial charge < -0.3 is 4.74 Å². The largest absolute Gasteiger partial charge is 0.427 e. The molecule has 0 fully saturated rings. The highest BCUT2D eigenvalue weighted by atomic mass is 16.5. The Kier molecular flexibility index (Phi) is 8.10. The molecule has 1 aromatic carbocycles. The van der Waals surface area contributed by atoms with E-state index in [4.69, 9.17) is 4.74 Å². The molecule has 4 heteroatoms. The first-order chi connectivity index (χ1) is 12.2. The lowest BCUT2D eigenvalue weighted by molar-refractivity contribution is -0.134. The molecule has 0 radical (unpaired) electrons. The van der Waals surface area contributed by atoms with Crippen molar-refractivity contribution in [3.8, 4) is 17.1 Å². The van der Waals surface area contributed by atoms with Gasteiger partial charge in [-0.05, 0) is 49.1 Å². The zero-order valence-electron chi connectivity index (χ0n) is 15.3. The average Bonchev–Trinajstić information content (AvgIpc) is 2.63. The lowest BCUT2D eigenvalue weighted by Gasteiger charge is -2.06. The van der Waals surface area contributed by atoms with Gasteiger partial charge in [-0.15, -0.1) is 0 Å². The van der Waals surface area contributed by atoms with Gasteiger partial charge in [-0.3, -0.25) is 4.79 Å². The van der Waals surface area contributed by atoms with Crippen molar-refractivity contribution in [1.82, 2.24) is 9.97 Å². The van der Waals surface area contributed by atoms with Crippen molar-refractivity contribution in [3.05, 3.63) is 42.2 Å². The second-order valence-electron chi connectivity index (χ2n) is 6.33. The Hall–Kier alpha value is -2.23. The predicted molar refractivity (Wildman–Crippen MR) is 100 cm³/mol. The van der Waals surface area contributed by atoms with Gasteiger partial charge in [0.2, 0.25) is 0 Å². The summed E-state index contributed by atoms with van der Waals surface area (Å²) < 4.78 is 5.26. The van der Waals surface area contributed by atoms with Gasteiger partial charge in [0.05, 0.1) is 0 Å². The molecule has 134 valence electrons. The number of aryl methyl sites for hydroxylation is 1. The van der Waals surface area contributed by atoms with E-state index >= 15 is 0 Å². The van der Waals surface area contributed by atoms with Crippen molar-refractivity contribution >= 4 is 5.97 Å². The van der Waals surface area contributed by atoms with Crippen LogP contribution in [0.5, 0.6) is 5.75 Å². The van der Waals surface area contributed by atoms with E-state index in [9.17, 15) is 4.79 Å². The highest BCUT2D eigenvalue weighted by Crippen LogP contribution is 2.20. The van der Waals surface area contributed by atoms with Crippen LogP contribution in [0.25, 0.3) is 11.4 Å². The highest BCUT2D eigenvalue weighted by Gasteiger charge is 2.05. The fraction of sp³-hybridized carbons (Fsp3) is 0.476. The van der Waals surface area contributed by atoms with Crippen molar-refractivity contribution in [2.24, 2.45) is 0 Å². The van der Waals surface area contributed by atoms with Crippen molar-refractivity contribution in [1.29, 1.82) is 0 Å². The molecule has 0 saturated carbocycles. The highest BCUT2D eigenvalue weighted by molar-refractivity contribution is 5.72. The molecule has 0 aliphatic carbocycles. The average molecular weight is 340 g/mol. The van der Waals surface area contributed by atoms with Gasteiger partial charge in [0.15, 0.2) is 5.82 Å². The van der Waals surface area contributed by atoms with Crippen LogP contribution in [-0.2, 0) is 11.2 Å². The fourth-order valence-electron chi connectivity index (χ4n) is 2.62. The summed E-state index contributed by atoms with van der Waals surface area (Å²) in [5.41, 5.74) is 2.11. The van der Waals surface area contributed by atoms with E-state index < -0.39 is 0 Å². The monoisotopic (exact) mass is 340 g/mol. The molecule has 0 saturated heterocycles. The molecular formula is C21H28N2O2. The van der Waals surface area contributed by atoms with Gasteiger partial charge in [0, 0.05) is 24.4 Å². The van der Waals surface area contributed by atoms with Crippen LogP contribution < -0.4 is 4.74 Å². The predicted octanol–water partition coefficient (Wildman–Crippen LogP) is 5.36. The van der Waals surface area contributed by atoms with E-state index in [1.165, 1.54) is 37.7 Å². The minimum atomic E-state index is -0.199. The number of carbonyl (C=O) groups excluding carboxylic acids is 1. The molecule has 1 heterocycles. The number of benzene rings is 1. The summed E-state index contributed by atoms with van der Waals surface area (Å²) in [7, 11) is 0. The number of esters is 1. The molecule has 0 aliphatic rings. The van der Waals surface area contributed by atoms with Crippen LogP contribution in [0.15, 0.2) is 36.7 Å². The Morgan fingerprint density at radius 2 is 1.60 bits per heavy atom. The molecule has 25 heavy (non-hydrogen) atoms. The summed E-state index contributed by atoms with van der Waals surface area (Å²) >= 11 is 0. The van der Waals surface area contributed by atoms with Gasteiger partial charge in [0.1, 0.15) is 5.75 Å². The number of hydrogen-bond acceptors (Lipinski definition) is 4. The molecule has 0 atom stereocenters. The fourth-order valence-corrected chi connectivity index (χ4v) is 2.62. The summed E-state index contributed by atoms with van der Waals surface area (Å²) in [4.78, 5) is 20.4. The summed E-state index contributed by atoms with van der Waals surface area (Å²) in [6.45, 7) is 4.19. The minimum absolute atomic E-state index is 0.199. The first-order valence-corrected chi connectivity index (χ1v) is 9.35. The molecule has 0 spiro atoms. The smallest absolute Gasteiger partial charge is 0.311 e. The Morgan fingerprint density at radius 1 is 0.920 bits per heavy atom. The first-order valence-electron chi connectivity index (χ1n) is 9.35.